The lowest BCUT2D eigenvalue weighted by atomic mass is 9.87. The Morgan fingerprint density at radius 2 is 1.85 bits per heavy atom. The molecule has 1 fully saturated rings. The zero-order valence-electron chi connectivity index (χ0n) is 15.7. The molecule has 1 unspecified atom stereocenters. The van der Waals surface area contributed by atoms with Crippen molar-refractivity contribution in [3.63, 3.8) is 0 Å². The van der Waals surface area contributed by atoms with Crippen LogP contribution in [-0.2, 0) is 4.79 Å². The van der Waals surface area contributed by atoms with Crippen molar-refractivity contribution in [2.75, 3.05) is 23.3 Å². The Balaban J connectivity index is 1.65. The molecule has 2 aliphatic heterocycles. The van der Waals surface area contributed by atoms with Crippen LogP contribution in [-0.4, -0.2) is 28.8 Å². The average Bonchev–Trinajstić information content (AvgIpc) is 3.33. The largest absolute Gasteiger partial charge is 0.372 e. The molecule has 138 valence electrons. The van der Waals surface area contributed by atoms with Gasteiger partial charge in [0.25, 0.3) is 0 Å². The van der Waals surface area contributed by atoms with Crippen LogP contribution in [0.5, 0.6) is 0 Å². The van der Waals surface area contributed by atoms with Crippen LogP contribution in [0, 0.1) is 0 Å². The van der Waals surface area contributed by atoms with Gasteiger partial charge in [0, 0.05) is 36.7 Å². The van der Waals surface area contributed by atoms with Gasteiger partial charge in [-0.15, -0.1) is 0 Å². The summed E-state index contributed by atoms with van der Waals surface area (Å²) >= 11 is 0. The van der Waals surface area contributed by atoms with Crippen molar-refractivity contribution in [2.24, 2.45) is 0 Å². The topological polar surface area (TPSA) is 50.2 Å². The van der Waals surface area contributed by atoms with E-state index in [1.165, 1.54) is 24.1 Å². The summed E-state index contributed by atoms with van der Waals surface area (Å²) < 4.78 is 2.01. The molecule has 0 aliphatic carbocycles. The molecule has 1 atom stereocenters. The summed E-state index contributed by atoms with van der Waals surface area (Å²) in [5.74, 6) is 1.07. The van der Waals surface area contributed by atoms with Gasteiger partial charge in [0.15, 0.2) is 0 Å². The van der Waals surface area contributed by atoms with Gasteiger partial charge in [-0.25, -0.2) is 4.68 Å². The zero-order valence-corrected chi connectivity index (χ0v) is 15.7. The fraction of sp³-hybridized carbons (Fsp3) is 0.524. The lowest BCUT2D eigenvalue weighted by molar-refractivity contribution is -0.116. The van der Waals surface area contributed by atoms with Crippen LogP contribution in [0.15, 0.2) is 30.5 Å². The van der Waals surface area contributed by atoms with E-state index in [4.69, 9.17) is 0 Å². The summed E-state index contributed by atoms with van der Waals surface area (Å²) in [5.41, 5.74) is 3.64. The van der Waals surface area contributed by atoms with Crippen LogP contribution in [0.4, 0.5) is 11.5 Å². The summed E-state index contributed by atoms with van der Waals surface area (Å²) in [6.45, 7) is 6.64. The van der Waals surface area contributed by atoms with Crippen molar-refractivity contribution >= 4 is 17.4 Å². The van der Waals surface area contributed by atoms with Gasteiger partial charge in [-0.05, 0) is 43.4 Å². The average molecular weight is 352 g/mol. The van der Waals surface area contributed by atoms with Crippen molar-refractivity contribution in [1.82, 2.24) is 9.78 Å². The number of benzene rings is 1. The van der Waals surface area contributed by atoms with E-state index in [9.17, 15) is 4.79 Å². The highest BCUT2D eigenvalue weighted by Crippen LogP contribution is 2.39. The van der Waals surface area contributed by atoms with E-state index < -0.39 is 0 Å². The Morgan fingerprint density at radius 3 is 2.50 bits per heavy atom. The Bertz CT molecular complexity index is 770. The number of carbonyl (C=O) groups excluding carboxylic acids is 1. The molecule has 2 aromatic rings. The number of anilines is 2. The second-order valence-corrected chi connectivity index (χ2v) is 7.45. The monoisotopic (exact) mass is 352 g/mol. The normalized spacial score (nSPS) is 19.7. The fourth-order valence-corrected chi connectivity index (χ4v) is 4.34. The van der Waals surface area contributed by atoms with Gasteiger partial charge in [0.05, 0.1) is 12.2 Å². The minimum Gasteiger partial charge on any atom is -0.372 e. The Labute approximate surface area is 155 Å². The molecule has 1 saturated heterocycles. The summed E-state index contributed by atoms with van der Waals surface area (Å²) in [5, 5.41) is 7.69. The smallest absolute Gasteiger partial charge is 0.226 e. The maximum Gasteiger partial charge on any atom is 0.226 e. The molecule has 4 rings (SSSR count). The van der Waals surface area contributed by atoms with E-state index in [1.54, 1.807) is 0 Å². The molecule has 0 spiro atoms. The van der Waals surface area contributed by atoms with E-state index >= 15 is 0 Å². The standard InChI is InChI=1S/C21H28N4O/c1-3-16(4-2)25-21-19(14-22-25)18(13-20(26)23-21)15-7-9-17(10-8-15)24-11-5-6-12-24/h7-10,14,16,18H,3-6,11-13H2,1-2H3,(H,23,26). The molecule has 1 aromatic heterocycles. The predicted molar refractivity (Wildman–Crippen MR) is 105 cm³/mol. The van der Waals surface area contributed by atoms with Gasteiger partial charge in [-0.2, -0.15) is 5.10 Å². The van der Waals surface area contributed by atoms with Gasteiger partial charge in [0.1, 0.15) is 5.82 Å². The van der Waals surface area contributed by atoms with Crippen molar-refractivity contribution in [1.29, 1.82) is 0 Å². The van der Waals surface area contributed by atoms with Crippen LogP contribution in [0.2, 0.25) is 0 Å². The van der Waals surface area contributed by atoms with Gasteiger partial charge < -0.3 is 10.2 Å². The fourth-order valence-electron chi connectivity index (χ4n) is 4.34. The number of nitrogens with one attached hydrogen (secondary N) is 1. The summed E-state index contributed by atoms with van der Waals surface area (Å²) in [6, 6.07) is 9.12. The lowest BCUT2D eigenvalue weighted by Crippen LogP contribution is -2.26. The van der Waals surface area contributed by atoms with E-state index in [1.807, 2.05) is 10.9 Å². The minimum absolute atomic E-state index is 0.0822. The van der Waals surface area contributed by atoms with Crippen LogP contribution in [0.1, 0.15) is 69.0 Å². The number of hydrogen-bond acceptors (Lipinski definition) is 3. The number of rotatable bonds is 5. The third-order valence-corrected chi connectivity index (χ3v) is 5.90. The summed E-state index contributed by atoms with van der Waals surface area (Å²) in [6.07, 6.45) is 7.02. The second kappa shape index (κ2) is 7.14. The third kappa shape index (κ3) is 3.00. The highest BCUT2D eigenvalue weighted by molar-refractivity contribution is 5.94. The van der Waals surface area contributed by atoms with Gasteiger partial charge in [-0.3, -0.25) is 4.79 Å². The van der Waals surface area contributed by atoms with Crippen LogP contribution < -0.4 is 10.2 Å². The van der Waals surface area contributed by atoms with E-state index in [0.29, 0.717) is 12.5 Å². The third-order valence-electron chi connectivity index (χ3n) is 5.90. The molecular formula is C21H28N4O. The lowest BCUT2D eigenvalue weighted by Gasteiger charge is -2.26. The van der Waals surface area contributed by atoms with Crippen LogP contribution in [0.3, 0.4) is 0 Å². The molecule has 5 heteroatoms. The zero-order chi connectivity index (χ0) is 18.1. The van der Waals surface area contributed by atoms with E-state index in [0.717, 1.165) is 37.3 Å². The maximum atomic E-state index is 12.4. The number of hydrogen-bond donors (Lipinski definition) is 1. The Hall–Kier alpha value is -2.30. The Kier molecular flexibility index (Phi) is 4.70. The molecule has 5 nitrogen and oxygen atoms in total. The quantitative estimate of drug-likeness (QED) is 0.872. The first kappa shape index (κ1) is 17.1. The first-order valence-corrected chi connectivity index (χ1v) is 9.93. The molecule has 0 bridgehead atoms. The van der Waals surface area contributed by atoms with Gasteiger partial charge >= 0.3 is 0 Å². The van der Waals surface area contributed by atoms with Crippen molar-refractivity contribution in [2.45, 2.75) is 57.9 Å². The molecular weight excluding hydrogens is 324 g/mol. The first-order valence-electron chi connectivity index (χ1n) is 9.93. The van der Waals surface area contributed by atoms with Crippen molar-refractivity contribution in [3.8, 4) is 0 Å². The number of carbonyl (C=O) groups is 1. The number of aromatic nitrogens is 2. The van der Waals surface area contributed by atoms with Crippen molar-refractivity contribution < 1.29 is 4.79 Å². The number of amides is 1. The molecule has 0 saturated carbocycles. The highest BCUT2D eigenvalue weighted by atomic mass is 16.1. The number of nitrogens with zero attached hydrogens (tertiary/aromatic N) is 3. The van der Waals surface area contributed by atoms with Gasteiger partial charge in [-0.1, -0.05) is 26.0 Å². The SMILES string of the molecule is CCC(CC)n1ncc2c1NC(=O)CC2c1ccc(N2CCCC2)cc1. The van der Waals surface area contributed by atoms with Crippen LogP contribution >= 0.6 is 0 Å². The second-order valence-electron chi connectivity index (χ2n) is 7.45. The summed E-state index contributed by atoms with van der Waals surface area (Å²) in [4.78, 5) is 14.8. The highest BCUT2D eigenvalue weighted by Gasteiger charge is 2.31. The van der Waals surface area contributed by atoms with E-state index in [2.05, 4.69) is 53.4 Å². The molecule has 2 aliphatic rings. The van der Waals surface area contributed by atoms with Gasteiger partial charge in [0.2, 0.25) is 5.91 Å². The van der Waals surface area contributed by atoms with Crippen LogP contribution in [0.25, 0.3) is 0 Å². The molecule has 3 heterocycles. The van der Waals surface area contributed by atoms with E-state index in [-0.39, 0.29) is 11.8 Å². The predicted octanol–water partition coefficient (Wildman–Crippen LogP) is 4.32. The molecule has 1 amide bonds. The molecule has 26 heavy (non-hydrogen) atoms. The molecule has 1 N–H and O–H groups in total. The Morgan fingerprint density at radius 1 is 1.15 bits per heavy atom. The maximum absolute atomic E-state index is 12.4. The molecule has 1 aromatic carbocycles. The summed E-state index contributed by atoms with van der Waals surface area (Å²) in [7, 11) is 0. The number of fused-ring (bicyclic) bond motifs is 1. The van der Waals surface area contributed by atoms with Crippen molar-refractivity contribution in [3.05, 3.63) is 41.6 Å². The minimum atomic E-state index is 0.0822. The molecule has 0 radical (unpaired) electrons. The first-order chi connectivity index (χ1) is 12.7.